The molecule has 3 N–H and O–H groups in total. The van der Waals surface area contributed by atoms with Crippen molar-refractivity contribution in [2.24, 2.45) is 0 Å². The quantitative estimate of drug-likeness (QED) is 0.581. The number of phosphoric acid groups is 1. The fraction of sp³-hybridized carbons (Fsp3) is 0.615. The van der Waals surface area contributed by atoms with Crippen LogP contribution in [-0.2, 0) is 28.1 Å². The molecule has 0 aliphatic carbocycles. The summed E-state index contributed by atoms with van der Waals surface area (Å²) in [4.78, 5) is 30.7. The number of hydrogen-bond acceptors (Lipinski definition) is 7. The molecule has 0 aromatic heterocycles. The molecule has 3 heterocycles. The second kappa shape index (κ2) is 5.92. The van der Waals surface area contributed by atoms with Crippen LogP contribution in [-0.4, -0.2) is 57.5 Å². The van der Waals surface area contributed by atoms with E-state index >= 15 is 0 Å². The number of ether oxygens (including phenoxy) is 3. The van der Waals surface area contributed by atoms with Gasteiger partial charge < -0.3 is 34.2 Å². The molecule has 3 rings (SSSR count). The highest BCUT2D eigenvalue weighted by Crippen LogP contribution is 2.43. The van der Waals surface area contributed by atoms with Crippen molar-refractivity contribution in [3.8, 4) is 0 Å². The Morgan fingerprint density at radius 1 is 1.42 bits per heavy atom. The normalized spacial score (nSPS) is 35.2. The zero-order valence-electron chi connectivity index (χ0n) is 13.1. The highest BCUT2D eigenvalue weighted by Gasteiger charge is 2.57. The highest BCUT2D eigenvalue weighted by atomic mass is 31.2. The third kappa shape index (κ3) is 3.55. The van der Waals surface area contributed by atoms with E-state index in [-0.39, 0.29) is 12.5 Å². The van der Waals surface area contributed by atoms with Gasteiger partial charge in [0.2, 0.25) is 0 Å². The van der Waals surface area contributed by atoms with E-state index < -0.39 is 38.1 Å². The number of carbonyl (C=O) groups excluding carboxylic acids is 1. The van der Waals surface area contributed by atoms with Gasteiger partial charge in [0.15, 0.2) is 12.0 Å². The molecule has 3 aliphatic rings. The van der Waals surface area contributed by atoms with Crippen LogP contribution in [0.5, 0.6) is 0 Å². The van der Waals surface area contributed by atoms with Gasteiger partial charge in [-0.05, 0) is 13.8 Å². The van der Waals surface area contributed by atoms with Crippen LogP contribution in [0.3, 0.4) is 0 Å². The van der Waals surface area contributed by atoms with Gasteiger partial charge in [-0.3, -0.25) is 9.32 Å². The predicted molar refractivity (Wildman–Crippen MR) is 78.7 cm³/mol. The summed E-state index contributed by atoms with van der Waals surface area (Å²) >= 11 is 0. The summed E-state index contributed by atoms with van der Waals surface area (Å²) < 4.78 is 32.9. The molecule has 1 amide bonds. The van der Waals surface area contributed by atoms with Crippen LogP contribution in [0.4, 0.5) is 0 Å². The molecule has 3 aliphatic heterocycles. The molecule has 24 heavy (non-hydrogen) atoms. The molecule has 2 saturated heterocycles. The lowest BCUT2D eigenvalue weighted by Crippen LogP contribution is -2.46. The van der Waals surface area contributed by atoms with Crippen molar-refractivity contribution in [2.45, 2.75) is 44.2 Å². The Balaban J connectivity index is 1.80. The average Bonchev–Trinajstić information content (AvgIpc) is 2.90. The SMILES string of the molecule is C=C1NC(=O)C=CN1[C@@H]1O[C@H](COP(=O)(O)O)[C@H]2OC(C)(C)O[C@H]21. The molecule has 134 valence electrons. The van der Waals surface area contributed by atoms with Gasteiger partial charge in [0.1, 0.15) is 24.1 Å². The molecule has 4 atom stereocenters. The van der Waals surface area contributed by atoms with Crippen molar-refractivity contribution >= 4 is 13.7 Å². The second-order valence-corrected chi connectivity index (χ2v) is 7.31. The van der Waals surface area contributed by atoms with Crippen LogP contribution in [0.1, 0.15) is 13.8 Å². The van der Waals surface area contributed by atoms with Crippen molar-refractivity contribution in [3.63, 3.8) is 0 Å². The summed E-state index contributed by atoms with van der Waals surface area (Å²) in [5, 5.41) is 2.55. The maximum Gasteiger partial charge on any atom is 0.469 e. The first-order chi connectivity index (χ1) is 11.1. The molecule has 0 unspecified atom stereocenters. The monoisotopic (exact) mass is 362 g/mol. The number of nitrogens with zero attached hydrogens (tertiary/aromatic N) is 1. The minimum absolute atomic E-state index is 0.302. The Morgan fingerprint density at radius 2 is 2.08 bits per heavy atom. The van der Waals surface area contributed by atoms with Gasteiger partial charge in [0.05, 0.1) is 6.61 Å². The lowest BCUT2D eigenvalue weighted by Gasteiger charge is -2.34. The van der Waals surface area contributed by atoms with Crippen LogP contribution in [0.25, 0.3) is 0 Å². The summed E-state index contributed by atoms with van der Waals surface area (Å²) in [7, 11) is -4.64. The molecule has 0 saturated carbocycles. The topological polar surface area (TPSA) is 127 Å². The van der Waals surface area contributed by atoms with Crippen molar-refractivity contribution < 1.29 is 37.9 Å². The van der Waals surface area contributed by atoms with E-state index in [0.29, 0.717) is 5.82 Å². The first-order valence-electron chi connectivity index (χ1n) is 7.23. The van der Waals surface area contributed by atoms with Gasteiger partial charge in [-0.15, -0.1) is 0 Å². The van der Waals surface area contributed by atoms with Crippen molar-refractivity contribution in [1.82, 2.24) is 10.2 Å². The fourth-order valence-corrected chi connectivity index (χ4v) is 3.25. The van der Waals surface area contributed by atoms with Crippen molar-refractivity contribution in [2.75, 3.05) is 6.61 Å². The number of nitrogens with one attached hydrogen (secondary N) is 1. The molecular weight excluding hydrogens is 343 g/mol. The lowest BCUT2D eigenvalue weighted by atomic mass is 10.1. The highest BCUT2D eigenvalue weighted by molar-refractivity contribution is 7.46. The number of fused-ring (bicyclic) bond motifs is 1. The summed E-state index contributed by atoms with van der Waals surface area (Å²) in [5.41, 5.74) is 0. The molecule has 11 heteroatoms. The minimum Gasteiger partial charge on any atom is -0.347 e. The summed E-state index contributed by atoms with van der Waals surface area (Å²) in [5.74, 6) is -0.894. The van der Waals surface area contributed by atoms with Crippen LogP contribution < -0.4 is 5.32 Å². The molecule has 2 fully saturated rings. The molecule has 0 radical (unpaired) electrons. The van der Waals surface area contributed by atoms with Gasteiger partial charge in [-0.25, -0.2) is 4.57 Å². The van der Waals surface area contributed by atoms with E-state index in [1.807, 2.05) is 0 Å². The number of phosphoric ester groups is 1. The predicted octanol–water partition coefficient (Wildman–Crippen LogP) is -0.243. The van der Waals surface area contributed by atoms with Crippen LogP contribution >= 0.6 is 7.82 Å². The van der Waals surface area contributed by atoms with Gasteiger partial charge >= 0.3 is 7.82 Å². The Kier molecular flexibility index (Phi) is 4.33. The number of amides is 1. The Hall–Kier alpha value is -1.26. The standard InChI is InChI=1S/C13H19N2O8P/c1-7-14-9(16)4-5-15(7)12-11-10(22-13(2,3)23-11)8(21-12)6-20-24(17,18)19/h4-5,8,10-12H,1,6H2,2-3H3,(H,14,16)(H2,17,18,19)/t8-,10-,11-,12-/m1/s1. The minimum atomic E-state index is -4.64. The summed E-state index contributed by atoms with van der Waals surface area (Å²) in [6.45, 7) is 6.85. The lowest BCUT2D eigenvalue weighted by molar-refractivity contribution is -0.202. The molecule has 0 aromatic rings. The first kappa shape index (κ1) is 17.6. The first-order valence-corrected chi connectivity index (χ1v) is 8.76. The maximum atomic E-state index is 11.4. The van der Waals surface area contributed by atoms with Crippen molar-refractivity contribution in [3.05, 3.63) is 24.7 Å². The maximum absolute atomic E-state index is 11.4. The Morgan fingerprint density at radius 3 is 2.71 bits per heavy atom. The molecule has 0 bridgehead atoms. The number of rotatable bonds is 4. The Bertz CT molecular complexity index is 629. The van der Waals surface area contributed by atoms with Crippen LogP contribution in [0.15, 0.2) is 24.7 Å². The van der Waals surface area contributed by atoms with Gasteiger partial charge in [-0.2, -0.15) is 0 Å². The summed E-state index contributed by atoms with van der Waals surface area (Å²) in [6.07, 6.45) is 0.231. The smallest absolute Gasteiger partial charge is 0.347 e. The number of hydrogen-bond donors (Lipinski definition) is 3. The third-order valence-corrected chi connectivity index (χ3v) is 4.26. The van der Waals surface area contributed by atoms with E-state index in [9.17, 15) is 9.36 Å². The molecular formula is C13H19N2O8P. The van der Waals surface area contributed by atoms with E-state index in [0.717, 1.165) is 0 Å². The summed E-state index contributed by atoms with van der Waals surface area (Å²) in [6, 6.07) is 0. The van der Waals surface area contributed by atoms with Gasteiger partial charge in [0, 0.05) is 12.3 Å². The zero-order chi connectivity index (χ0) is 17.7. The largest absolute Gasteiger partial charge is 0.469 e. The fourth-order valence-electron chi connectivity index (χ4n) is 2.91. The second-order valence-electron chi connectivity index (χ2n) is 6.08. The van der Waals surface area contributed by atoms with E-state index in [1.54, 1.807) is 18.7 Å². The van der Waals surface area contributed by atoms with E-state index in [1.165, 1.54) is 12.3 Å². The van der Waals surface area contributed by atoms with Gasteiger partial charge in [0.25, 0.3) is 5.91 Å². The van der Waals surface area contributed by atoms with Crippen LogP contribution in [0, 0.1) is 0 Å². The van der Waals surface area contributed by atoms with Crippen molar-refractivity contribution in [1.29, 1.82) is 0 Å². The average molecular weight is 362 g/mol. The molecule has 0 spiro atoms. The number of carbonyl (C=O) groups is 1. The Labute approximate surface area is 138 Å². The zero-order valence-corrected chi connectivity index (χ0v) is 14.0. The van der Waals surface area contributed by atoms with Crippen LogP contribution in [0.2, 0.25) is 0 Å². The third-order valence-electron chi connectivity index (χ3n) is 3.77. The molecule has 10 nitrogen and oxygen atoms in total. The van der Waals surface area contributed by atoms with E-state index in [4.69, 9.17) is 24.0 Å². The molecule has 0 aromatic carbocycles. The van der Waals surface area contributed by atoms with Gasteiger partial charge in [-0.1, -0.05) is 6.58 Å². The van der Waals surface area contributed by atoms with E-state index in [2.05, 4.69) is 16.4 Å².